The fourth-order valence-electron chi connectivity index (χ4n) is 0.927. The van der Waals surface area contributed by atoms with Crippen molar-refractivity contribution in [1.82, 2.24) is 4.98 Å². The molecule has 0 spiro atoms. The summed E-state index contributed by atoms with van der Waals surface area (Å²) in [5, 5.41) is 8.84. The van der Waals surface area contributed by atoms with Crippen LogP contribution in [0.1, 0.15) is 5.56 Å². The minimum Gasteiger partial charge on any atom is -0.362 e. The van der Waals surface area contributed by atoms with Crippen molar-refractivity contribution < 1.29 is 0 Å². The minimum absolute atomic E-state index is 0.573. The Labute approximate surface area is 86.6 Å². The van der Waals surface area contributed by atoms with E-state index in [2.05, 4.69) is 22.7 Å². The lowest BCUT2D eigenvalue weighted by molar-refractivity contribution is 1.05. The van der Waals surface area contributed by atoms with E-state index < -0.39 is 0 Å². The predicted molar refractivity (Wildman–Crippen MR) is 58.1 cm³/mol. The molecule has 0 atom stereocenters. The molecule has 0 fully saturated rings. The number of anilines is 1. The molecule has 0 saturated carbocycles. The molecule has 1 aromatic heterocycles. The van der Waals surface area contributed by atoms with Gasteiger partial charge in [-0.3, -0.25) is 0 Å². The second-order valence-electron chi connectivity index (χ2n) is 2.64. The summed E-state index contributed by atoms with van der Waals surface area (Å²) in [5.41, 5.74) is 0.573. The number of pyridine rings is 1. The highest BCUT2D eigenvalue weighted by Crippen LogP contribution is 2.24. The van der Waals surface area contributed by atoms with Crippen LogP contribution in [0.4, 0.5) is 5.82 Å². The maximum Gasteiger partial charge on any atom is 0.146 e. The zero-order valence-electron chi connectivity index (χ0n) is 7.35. The third kappa shape index (κ3) is 2.29. The van der Waals surface area contributed by atoms with Crippen LogP contribution < -0.4 is 4.90 Å². The van der Waals surface area contributed by atoms with Crippen LogP contribution >= 0.6 is 22.5 Å². The molecule has 0 aliphatic heterocycles. The SMILES string of the molecule is CN(C)c1ncc(SS)cc1C#N. The van der Waals surface area contributed by atoms with Crippen LogP contribution in [0.15, 0.2) is 17.2 Å². The van der Waals surface area contributed by atoms with Crippen molar-refractivity contribution >= 4 is 28.3 Å². The molecule has 1 aromatic rings. The Morgan fingerprint density at radius 2 is 2.31 bits per heavy atom. The molecule has 0 saturated heterocycles. The van der Waals surface area contributed by atoms with E-state index in [0.29, 0.717) is 11.4 Å². The van der Waals surface area contributed by atoms with Crippen LogP contribution in [0.5, 0.6) is 0 Å². The highest BCUT2D eigenvalue weighted by molar-refractivity contribution is 8.68. The molecule has 0 unspecified atom stereocenters. The highest BCUT2D eigenvalue weighted by atomic mass is 33.1. The van der Waals surface area contributed by atoms with E-state index in [0.717, 1.165) is 4.90 Å². The van der Waals surface area contributed by atoms with Gasteiger partial charge in [0.05, 0.1) is 5.56 Å². The molecule has 0 aliphatic carbocycles. The molecule has 1 rings (SSSR count). The molecule has 0 radical (unpaired) electrons. The summed E-state index contributed by atoms with van der Waals surface area (Å²) in [6.07, 6.45) is 1.70. The van der Waals surface area contributed by atoms with Gasteiger partial charge in [-0.1, -0.05) is 10.8 Å². The zero-order valence-corrected chi connectivity index (χ0v) is 9.06. The van der Waals surface area contributed by atoms with Crippen molar-refractivity contribution in [2.24, 2.45) is 0 Å². The molecule has 3 nitrogen and oxygen atoms in total. The Morgan fingerprint density at radius 3 is 2.77 bits per heavy atom. The first-order valence-corrected chi connectivity index (χ1v) is 5.45. The molecule has 0 bridgehead atoms. The molecule has 0 aromatic carbocycles. The number of nitrogens with zero attached hydrogens (tertiary/aromatic N) is 3. The highest BCUT2D eigenvalue weighted by Gasteiger charge is 2.06. The quantitative estimate of drug-likeness (QED) is 0.599. The molecular weight excluding hydrogens is 202 g/mol. The van der Waals surface area contributed by atoms with Gasteiger partial charge in [-0.25, -0.2) is 4.98 Å². The van der Waals surface area contributed by atoms with Crippen molar-refractivity contribution in [2.45, 2.75) is 4.90 Å². The first kappa shape index (κ1) is 10.2. The van der Waals surface area contributed by atoms with Gasteiger partial charge >= 0.3 is 0 Å². The summed E-state index contributed by atoms with van der Waals surface area (Å²) >= 11 is 4.04. The van der Waals surface area contributed by atoms with E-state index >= 15 is 0 Å². The number of thiol groups is 1. The molecule has 1 heterocycles. The molecule has 0 aliphatic rings. The normalized spacial score (nSPS) is 9.38. The van der Waals surface area contributed by atoms with Gasteiger partial charge in [0.1, 0.15) is 11.9 Å². The summed E-state index contributed by atoms with van der Waals surface area (Å²) in [6, 6.07) is 3.88. The summed E-state index contributed by atoms with van der Waals surface area (Å²) in [4.78, 5) is 6.84. The maximum atomic E-state index is 8.84. The Balaban J connectivity index is 3.18. The lowest BCUT2D eigenvalue weighted by Gasteiger charge is -2.12. The van der Waals surface area contributed by atoms with Crippen molar-refractivity contribution in [1.29, 1.82) is 5.26 Å². The predicted octanol–water partition coefficient (Wildman–Crippen LogP) is 1.96. The molecule has 0 N–H and O–H groups in total. The third-order valence-corrected chi connectivity index (χ3v) is 2.56. The average molecular weight is 211 g/mol. The fourth-order valence-corrected chi connectivity index (χ4v) is 1.50. The first-order chi connectivity index (χ1) is 6.19. The van der Waals surface area contributed by atoms with Gasteiger partial charge in [-0.2, -0.15) is 5.26 Å². The van der Waals surface area contributed by atoms with Gasteiger partial charge in [0.25, 0.3) is 0 Å². The van der Waals surface area contributed by atoms with Crippen LogP contribution in [0.3, 0.4) is 0 Å². The molecular formula is C8H9N3S2. The molecule has 0 amide bonds. The number of hydrogen-bond donors (Lipinski definition) is 1. The summed E-state index contributed by atoms with van der Waals surface area (Å²) in [6.45, 7) is 0. The molecule has 68 valence electrons. The van der Waals surface area contributed by atoms with Crippen LogP contribution in [0.25, 0.3) is 0 Å². The van der Waals surface area contributed by atoms with E-state index in [1.165, 1.54) is 10.8 Å². The van der Waals surface area contributed by atoms with Gasteiger partial charge in [0, 0.05) is 25.2 Å². The molecule has 5 heteroatoms. The smallest absolute Gasteiger partial charge is 0.146 e. The van der Waals surface area contributed by atoms with Gasteiger partial charge in [-0.15, -0.1) is 11.7 Å². The largest absolute Gasteiger partial charge is 0.362 e. The minimum atomic E-state index is 0.573. The zero-order chi connectivity index (χ0) is 9.84. The standard InChI is InChI=1S/C8H9N3S2/c1-11(2)8-6(4-9)3-7(13-12)5-10-8/h3,5,12H,1-2H3. The number of nitriles is 1. The molecule has 13 heavy (non-hydrogen) atoms. The summed E-state index contributed by atoms with van der Waals surface area (Å²) < 4.78 is 0. The average Bonchev–Trinajstić information content (AvgIpc) is 2.16. The monoisotopic (exact) mass is 211 g/mol. The van der Waals surface area contributed by atoms with Crippen molar-refractivity contribution in [3.63, 3.8) is 0 Å². The topological polar surface area (TPSA) is 39.9 Å². The van der Waals surface area contributed by atoms with Crippen LogP contribution in [0.2, 0.25) is 0 Å². The Kier molecular flexibility index (Phi) is 3.46. The summed E-state index contributed by atoms with van der Waals surface area (Å²) in [5.74, 6) is 0.689. The number of aromatic nitrogens is 1. The maximum absolute atomic E-state index is 8.84. The second-order valence-corrected chi connectivity index (χ2v) is 3.84. The van der Waals surface area contributed by atoms with Gasteiger partial charge in [0.2, 0.25) is 0 Å². The van der Waals surface area contributed by atoms with E-state index in [-0.39, 0.29) is 0 Å². The van der Waals surface area contributed by atoms with Crippen LogP contribution in [-0.4, -0.2) is 19.1 Å². The fraction of sp³-hybridized carbons (Fsp3) is 0.250. The van der Waals surface area contributed by atoms with E-state index in [1.807, 2.05) is 19.0 Å². The Bertz CT molecular complexity index is 344. The van der Waals surface area contributed by atoms with Gasteiger partial charge in [-0.05, 0) is 6.07 Å². The number of rotatable bonds is 2. The lowest BCUT2D eigenvalue weighted by Crippen LogP contribution is -2.12. The van der Waals surface area contributed by atoms with Crippen molar-refractivity contribution in [3.05, 3.63) is 17.8 Å². The summed E-state index contributed by atoms with van der Waals surface area (Å²) in [7, 11) is 5.00. The van der Waals surface area contributed by atoms with Gasteiger partial charge in [0.15, 0.2) is 0 Å². The van der Waals surface area contributed by atoms with Gasteiger partial charge < -0.3 is 4.90 Å². The third-order valence-electron chi connectivity index (χ3n) is 1.49. The lowest BCUT2D eigenvalue weighted by atomic mass is 10.3. The van der Waals surface area contributed by atoms with Crippen molar-refractivity contribution in [3.8, 4) is 6.07 Å². The van der Waals surface area contributed by atoms with E-state index in [4.69, 9.17) is 5.26 Å². The van der Waals surface area contributed by atoms with Crippen LogP contribution in [0, 0.1) is 11.3 Å². The van der Waals surface area contributed by atoms with Crippen LogP contribution in [-0.2, 0) is 0 Å². The van der Waals surface area contributed by atoms with Crippen molar-refractivity contribution in [2.75, 3.05) is 19.0 Å². The second kappa shape index (κ2) is 4.40. The number of hydrogen-bond acceptors (Lipinski definition) is 5. The Morgan fingerprint density at radius 1 is 1.62 bits per heavy atom. The Hall–Kier alpha value is -0.860. The van der Waals surface area contributed by atoms with E-state index in [1.54, 1.807) is 12.3 Å². The first-order valence-electron chi connectivity index (χ1n) is 3.58. The van der Waals surface area contributed by atoms with E-state index in [9.17, 15) is 0 Å².